The fraction of sp³-hybridized carbons (Fsp3) is 0.692. The normalized spacial score (nSPS) is 29.1. The molecule has 2 rings (SSSR count). The van der Waals surface area contributed by atoms with Crippen LogP contribution in [0.4, 0.5) is 0 Å². The highest BCUT2D eigenvalue weighted by Gasteiger charge is 2.56. The summed E-state index contributed by atoms with van der Waals surface area (Å²) in [6.07, 6.45) is 4.86. The fourth-order valence-corrected chi connectivity index (χ4v) is 3.60. The lowest BCUT2D eigenvalue weighted by Gasteiger charge is -2.51. The van der Waals surface area contributed by atoms with Crippen molar-refractivity contribution in [2.75, 3.05) is 0 Å². The minimum Gasteiger partial charge on any atom is -0.481 e. The van der Waals surface area contributed by atoms with E-state index in [4.69, 9.17) is 10.2 Å². The van der Waals surface area contributed by atoms with Gasteiger partial charge in [0.05, 0.1) is 12.8 Å². The molecule has 4 heteroatoms. The van der Waals surface area contributed by atoms with Crippen molar-refractivity contribution in [2.45, 2.75) is 39.0 Å². The average Bonchev–Trinajstić information content (AvgIpc) is 2.54. The topological polar surface area (TPSA) is 74.6 Å². The van der Waals surface area contributed by atoms with Gasteiger partial charge in [-0.15, -0.1) is 0 Å². The number of rotatable bonds is 5. The van der Waals surface area contributed by atoms with E-state index < -0.39 is 17.4 Å². The Morgan fingerprint density at radius 1 is 1.35 bits per heavy atom. The van der Waals surface area contributed by atoms with E-state index in [1.54, 1.807) is 0 Å². The molecule has 2 atom stereocenters. The zero-order valence-corrected chi connectivity index (χ0v) is 9.98. The molecule has 2 aliphatic carbocycles. The standard InChI is InChI=1S/C13H18O4/c1-2-8-3-9-5-13(6-11(14)15,7-12(16)17)10(9)4-8/h4,9-10H,2-3,5-7H2,1H3,(H,14,15)(H,16,17). The zero-order chi connectivity index (χ0) is 12.6. The molecular weight excluding hydrogens is 220 g/mol. The van der Waals surface area contributed by atoms with Crippen LogP contribution < -0.4 is 0 Å². The van der Waals surface area contributed by atoms with Gasteiger partial charge in [0, 0.05) is 0 Å². The number of hydrogen-bond acceptors (Lipinski definition) is 2. The highest BCUT2D eigenvalue weighted by Crippen LogP contribution is 2.61. The lowest BCUT2D eigenvalue weighted by atomic mass is 9.52. The van der Waals surface area contributed by atoms with Crippen LogP contribution >= 0.6 is 0 Å². The van der Waals surface area contributed by atoms with Crippen molar-refractivity contribution in [3.8, 4) is 0 Å². The van der Waals surface area contributed by atoms with Crippen LogP contribution in [0, 0.1) is 17.3 Å². The Morgan fingerprint density at radius 3 is 2.41 bits per heavy atom. The third-order valence-electron chi connectivity index (χ3n) is 4.28. The number of allylic oxidation sites excluding steroid dienone is 2. The molecule has 2 N–H and O–H groups in total. The lowest BCUT2D eigenvalue weighted by molar-refractivity contribution is -0.152. The largest absolute Gasteiger partial charge is 0.481 e. The van der Waals surface area contributed by atoms with Crippen molar-refractivity contribution in [1.29, 1.82) is 0 Å². The van der Waals surface area contributed by atoms with Crippen molar-refractivity contribution in [1.82, 2.24) is 0 Å². The molecule has 4 nitrogen and oxygen atoms in total. The monoisotopic (exact) mass is 238 g/mol. The van der Waals surface area contributed by atoms with Gasteiger partial charge in [-0.2, -0.15) is 0 Å². The van der Waals surface area contributed by atoms with Crippen LogP contribution in [0.3, 0.4) is 0 Å². The third-order valence-corrected chi connectivity index (χ3v) is 4.28. The molecule has 1 saturated carbocycles. The summed E-state index contributed by atoms with van der Waals surface area (Å²) in [7, 11) is 0. The Hall–Kier alpha value is -1.32. The molecule has 0 aromatic carbocycles. The zero-order valence-electron chi connectivity index (χ0n) is 9.98. The van der Waals surface area contributed by atoms with Crippen LogP contribution in [0.25, 0.3) is 0 Å². The van der Waals surface area contributed by atoms with Gasteiger partial charge in [0.2, 0.25) is 0 Å². The number of fused-ring (bicyclic) bond motifs is 1. The van der Waals surface area contributed by atoms with E-state index >= 15 is 0 Å². The van der Waals surface area contributed by atoms with Gasteiger partial charge < -0.3 is 10.2 Å². The van der Waals surface area contributed by atoms with E-state index in [-0.39, 0.29) is 18.8 Å². The minimum absolute atomic E-state index is 0.0199. The summed E-state index contributed by atoms with van der Waals surface area (Å²) < 4.78 is 0. The highest BCUT2D eigenvalue weighted by molar-refractivity contribution is 5.72. The predicted molar refractivity (Wildman–Crippen MR) is 61.5 cm³/mol. The smallest absolute Gasteiger partial charge is 0.303 e. The summed E-state index contributed by atoms with van der Waals surface area (Å²) in [5, 5.41) is 17.9. The van der Waals surface area contributed by atoms with Crippen LogP contribution in [0.15, 0.2) is 11.6 Å². The number of carbonyl (C=O) groups is 2. The SMILES string of the molecule is CCC1=CC2C(C1)CC2(CC(=O)O)CC(=O)O. The predicted octanol–water partition coefficient (Wildman–Crippen LogP) is 2.30. The van der Waals surface area contributed by atoms with Crippen LogP contribution in [0.1, 0.15) is 39.0 Å². The highest BCUT2D eigenvalue weighted by atomic mass is 16.4. The summed E-state index contributed by atoms with van der Waals surface area (Å²) >= 11 is 0. The number of hydrogen-bond donors (Lipinski definition) is 2. The maximum atomic E-state index is 10.9. The van der Waals surface area contributed by atoms with Gasteiger partial charge in [0.25, 0.3) is 0 Å². The Balaban J connectivity index is 2.17. The summed E-state index contributed by atoms with van der Waals surface area (Å²) in [6, 6.07) is 0. The van der Waals surface area contributed by atoms with E-state index in [0.29, 0.717) is 5.92 Å². The molecule has 0 spiro atoms. The first-order chi connectivity index (χ1) is 7.97. The Labute approximate surface area is 100 Å². The van der Waals surface area contributed by atoms with Crippen molar-refractivity contribution < 1.29 is 19.8 Å². The summed E-state index contributed by atoms with van der Waals surface area (Å²) in [5.41, 5.74) is 0.830. The second kappa shape index (κ2) is 4.17. The Kier molecular flexibility index (Phi) is 2.98. The molecule has 1 fully saturated rings. The van der Waals surface area contributed by atoms with Gasteiger partial charge in [-0.25, -0.2) is 0 Å². The van der Waals surface area contributed by atoms with Crippen molar-refractivity contribution in [3.05, 3.63) is 11.6 Å². The van der Waals surface area contributed by atoms with Gasteiger partial charge >= 0.3 is 11.9 Å². The summed E-state index contributed by atoms with van der Waals surface area (Å²) in [5.74, 6) is -1.11. The van der Waals surface area contributed by atoms with Gasteiger partial charge in [-0.1, -0.05) is 18.6 Å². The molecule has 0 aliphatic heterocycles. The Morgan fingerprint density at radius 2 is 1.94 bits per heavy atom. The van der Waals surface area contributed by atoms with Gasteiger partial charge in [-0.05, 0) is 36.5 Å². The molecule has 0 amide bonds. The second-order valence-corrected chi connectivity index (χ2v) is 5.38. The van der Waals surface area contributed by atoms with Crippen molar-refractivity contribution in [2.24, 2.45) is 17.3 Å². The van der Waals surface area contributed by atoms with Crippen LogP contribution in [0.2, 0.25) is 0 Å². The minimum atomic E-state index is -0.886. The van der Waals surface area contributed by atoms with Crippen molar-refractivity contribution >= 4 is 11.9 Å². The molecular formula is C13H18O4. The first kappa shape index (κ1) is 12.1. The second-order valence-electron chi connectivity index (χ2n) is 5.38. The Bertz CT molecular complexity index is 367. The first-order valence-corrected chi connectivity index (χ1v) is 6.10. The summed E-state index contributed by atoms with van der Waals surface area (Å²) in [4.78, 5) is 21.8. The molecule has 17 heavy (non-hydrogen) atoms. The van der Waals surface area contributed by atoms with E-state index in [1.165, 1.54) is 5.57 Å². The van der Waals surface area contributed by atoms with Crippen LogP contribution in [-0.2, 0) is 9.59 Å². The quantitative estimate of drug-likeness (QED) is 0.721. The molecule has 0 bridgehead atoms. The van der Waals surface area contributed by atoms with E-state index in [2.05, 4.69) is 13.0 Å². The van der Waals surface area contributed by atoms with E-state index in [0.717, 1.165) is 19.3 Å². The number of aliphatic carboxylic acids is 2. The molecule has 0 heterocycles. The molecule has 0 radical (unpaired) electrons. The molecule has 0 saturated heterocycles. The van der Waals surface area contributed by atoms with Gasteiger partial charge in [-0.3, -0.25) is 9.59 Å². The average molecular weight is 238 g/mol. The lowest BCUT2D eigenvalue weighted by Crippen LogP contribution is -2.47. The molecule has 2 aliphatic rings. The maximum Gasteiger partial charge on any atom is 0.303 e. The van der Waals surface area contributed by atoms with Crippen LogP contribution in [0.5, 0.6) is 0 Å². The number of carboxylic acid groups (broad SMARTS) is 2. The van der Waals surface area contributed by atoms with Gasteiger partial charge in [0.1, 0.15) is 0 Å². The fourth-order valence-electron chi connectivity index (χ4n) is 3.60. The number of carboxylic acids is 2. The molecule has 2 unspecified atom stereocenters. The maximum absolute atomic E-state index is 10.9. The molecule has 0 aromatic rings. The van der Waals surface area contributed by atoms with E-state index in [9.17, 15) is 9.59 Å². The first-order valence-electron chi connectivity index (χ1n) is 6.10. The van der Waals surface area contributed by atoms with Gasteiger partial charge in [0.15, 0.2) is 0 Å². The molecule has 94 valence electrons. The third kappa shape index (κ3) is 2.08. The molecule has 0 aromatic heterocycles. The van der Waals surface area contributed by atoms with E-state index in [1.807, 2.05) is 0 Å². The summed E-state index contributed by atoms with van der Waals surface area (Å²) in [6.45, 7) is 2.09. The van der Waals surface area contributed by atoms with Crippen molar-refractivity contribution in [3.63, 3.8) is 0 Å². The van der Waals surface area contributed by atoms with Crippen LogP contribution in [-0.4, -0.2) is 22.2 Å².